The molecule has 60 valence electrons. The van der Waals surface area contributed by atoms with Crippen molar-refractivity contribution < 1.29 is 23.9 Å². The summed E-state index contributed by atoms with van der Waals surface area (Å²) >= 11 is 0. The van der Waals surface area contributed by atoms with Gasteiger partial charge in [0.05, 0.1) is 7.11 Å². The Morgan fingerprint density at radius 3 is 2.64 bits per heavy atom. The van der Waals surface area contributed by atoms with Crippen LogP contribution in [-0.4, -0.2) is 36.7 Å². The summed E-state index contributed by atoms with van der Waals surface area (Å²) < 4.78 is 8.38. The van der Waals surface area contributed by atoms with Crippen LogP contribution in [0.25, 0.3) is 0 Å². The van der Waals surface area contributed by atoms with E-state index in [9.17, 15) is 14.4 Å². The van der Waals surface area contributed by atoms with Crippen molar-refractivity contribution in [2.24, 2.45) is 0 Å². The van der Waals surface area contributed by atoms with Gasteiger partial charge in [0.15, 0.2) is 6.61 Å². The van der Waals surface area contributed by atoms with Crippen molar-refractivity contribution in [3.05, 3.63) is 0 Å². The van der Waals surface area contributed by atoms with Crippen molar-refractivity contribution in [1.82, 2.24) is 4.90 Å². The zero-order chi connectivity index (χ0) is 8.43. The summed E-state index contributed by atoms with van der Waals surface area (Å²) in [6.07, 6.45) is -2.00. The third kappa shape index (κ3) is 1.14. The Kier molecular flexibility index (Phi) is 1.75. The number of rotatable bonds is 0. The summed E-state index contributed by atoms with van der Waals surface area (Å²) in [4.78, 5) is 32.2. The molecule has 0 atom stereocenters. The van der Waals surface area contributed by atoms with E-state index in [1.165, 1.54) is 0 Å². The third-order valence-corrected chi connectivity index (χ3v) is 1.11. The molecule has 0 aliphatic carbocycles. The van der Waals surface area contributed by atoms with Gasteiger partial charge in [0.1, 0.15) is 0 Å². The highest BCUT2D eigenvalue weighted by atomic mass is 16.6. The number of cyclic esters (lactones) is 1. The molecule has 0 aromatic heterocycles. The van der Waals surface area contributed by atoms with Crippen LogP contribution in [0.2, 0.25) is 0 Å². The van der Waals surface area contributed by atoms with Gasteiger partial charge in [-0.3, -0.25) is 4.79 Å². The highest BCUT2D eigenvalue weighted by Gasteiger charge is 2.37. The third-order valence-electron chi connectivity index (χ3n) is 1.11. The number of hydrogen-bond donors (Lipinski definition) is 0. The van der Waals surface area contributed by atoms with Crippen molar-refractivity contribution in [3.8, 4) is 0 Å². The Morgan fingerprint density at radius 1 is 1.64 bits per heavy atom. The smallest absolute Gasteiger partial charge is 0.426 e. The van der Waals surface area contributed by atoms with Crippen LogP contribution in [-0.2, 0) is 14.3 Å². The van der Waals surface area contributed by atoms with Gasteiger partial charge in [-0.05, 0) is 0 Å². The van der Waals surface area contributed by atoms with E-state index in [1.54, 1.807) is 0 Å². The van der Waals surface area contributed by atoms with Crippen LogP contribution < -0.4 is 0 Å². The first-order valence-corrected chi connectivity index (χ1v) is 2.74. The van der Waals surface area contributed by atoms with Gasteiger partial charge in [0.2, 0.25) is 0 Å². The highest BCUT2D eigenvalue weighted by molar-refractivity contribution is 6.10. The van der Waals surface area contributed by atoms with E-state index in [4.69, 9.17) is 0 Å². The maximum Gasteiger partial charge on any atom is 0.426 e. The van der Waals surface area contributed by atoms with Gasteiger partial charge in [-0.2, -0.15) is 0 Å². The summed E-state index contributed by atoms with van der Waals surface area (Å²) in [5.41, 5.74) is 0. The fourth-order valence-electron chi connectivity index (χ4n) is 0.622. The van der Waals surface area contributed by atoms with E-state index in [1.807, 2.05) is 0 Å². The van der Waals surface area contributed by atoms with Gasteiger partial charge in [-0.1, -0.05) is 0 Å². The van der Waals surface area contributed by atoms with Crippen molar-refractivity contribution >= 4 is 18.1 Å². The van der Waals surface area contributed by atoms with Gasteiger partial charge in [0.25, 0.3) is 5.91 Å². The molecule has 0 spiro atoms. The summed E-state index contributed by atoms with van der Waals surface area (Å²) in [6, 6.07) is 0. The number of amides is 3. The molecule has 6 heteroatoms. The fraction of sp³-hybridized carbons (Fsp3) is 0.400. The van der Waals surface area contributed by atoms with E-state index >= 15 is 0 Å². The van der Waals surface area contributed by atoms with Gasteiger partial charge in [-0.15, -0.1) is 4.90 Å². The first kappa shape index (κ1) is 7.52. The molecule has 0 saturated carbocycles. The zero-order valence-electron chi connectivity index (χ0n) is 5.70. The van der Waals surface area contributed by atoms with Crippen molar-refractivity contribution in [2.75, 3.05) is 13.7 Å². The Bertz CT molecular complexity index is 207. The van der Waals surface area contributed by atoms with Crippen molar-refractivity contribution in [2.45, 2.75) is 0 Å². The predicted octanol–water partition coefficient (Wildman–Crippen LogP) is -0.268. The second kappa shape index (κ2) is 2.57. The Morgan fingerprint density at radius 2 is 2.27 bits per heavy atom. The number of carbonyl (C=O) groups excluding carboxylic acids is 3. The Balaban J connectivity index is 2.76. The summed E-state index contributed by atoms with van der Waals surface area (Å²) in [5.74, 6) is -0.707. The SMILES string of the molecule is COC(=O)N1C(=O)COC1=O. The van der Waals surface area contributed by atoms with Crippen LogP contribution in [0, 0.1) is 0 Å². The number of nitrogens with zero attached hydrogens (tertiary/aromatic N) is 1. The van der Waals surface area contributed by atoms with Crippen LogP contribution in [0.4, 0.5) is 9.59 Å². The molecule has 0 radical (unpaired) electrons. The van der Waals surface area contributed by atoms with E-state index in [2.05, 4.69) is 9.47 Å². The van der Waals surface area contributed by atoms with Gasteiger partial charge < -0.3 is 9.47 Å². The molecule has 0 aromatic rings. The van der Waals surface area contributed by atoms with E-state index in [-0.39, 0.29) is 0 Å². The average Bonchev–Trinajstić information content (AvgIpc) is 2.30. The molecule has 1 aliphatic heterocycles. The standard InChI is InChI=1S/C5H5NO5/c1-10-4(8)6-3(7)2-11-5(6)9/h2H2,1H3. The number of hydrogen-bond acceptors (Lipinski definition) is 5. The maximum absolute atomic E-state index is 10.7. The molecule has 0 N–H and O–H groups in total. The summed E-state index contributed by atoms with van der Waals surface area (Å²) in [7, 11) is 1.07. The van der Waals surface area contributed by atoms with Crippen LogP contribution in [0.3, 0.4) is 0 Å². The van der Waals surface area contributed by atoms with E-state index in [0.717, 1.165) is 7.11 Å². The predicted molar refractivity (Wildman–Crippen MR) is 30.6 cm³/mol. The molecule has 6 nitrogen and oxygen atoms in total. The minimum atomic E-state index is -1.02. The lowest BCUT2D eigenvalue weighted by Gasteiger charge is -2.04. The molecule has 1 heterocycles. The average molecular weight is 159 g/mol. The fourth-order valence-corrected chi connectivity index (χ4v) is 0.622. The molecule has 0 unspecified atom stereocenters. The topological polar surface area (TPSA) is 72.9 Å². The normalized spacial score (nSPS) is 16.6. The molecule has 3 amide bonds. The van der Waals surface area contributed by atoms with E-state index < -0.39 is 24.7 Å². The molecular formula is C5H5NO5. The lowest BCUT2D eigenvalue weighted by molar-refractivity contribution is -0.124. The van der Waals surface area contributed by atoms with Crippen molar-refractivity contribution in [1.29, 1.82) is 0 Å². The van der Waals surface area contributed by atoms with Gasteiger partial charge in [-0.25, -0.2) is 9.59 Å². The lowest BCUT2D eigenvalue weighted by atomic mass is 10.6. The van der Waals surface area contributed by atoms with Crippen LogP contribution in [0.1, 0.15) is 0 Å². The largest absolute Gasteiger partial charge is 0.452 e. The second-order valence-corrected chi connectivity index (χ2v) is 1.75. The van der Waals surface area contributed by atoms with Crippen LogP contribution in [0.5, 0.6) is 0 Å². The molecular weight excluding hydrogens is 154 g/mol. The first-order chi connectivity index (χ1) is 5.16. The second-order valence-electron chi connectivity index (χ2n) is 1.75. The quantitative estimate of drug-likeness (QED) is 0.486. The molecule has 1 saturated heterocycles. The molecule has 11 heavy (non-hydrogen) atoms. The molecule has 1 aliphatic rings. The minimum absolute atomic E-state index is 0.306. The van der Waals surface area contributed by atoms with Crippen molar-refractivity contribution in [3.63, 3.8) is 0 Å². The summed E-state index contributed by atoms with van der Waals surface area (Å²) in [6.45, 7) is -0.395. The Labute approximate surface area is 61.7 Å². The summed E-state index contributed by atoms with van der Waals surface area (Å²) in [5, 5.41) is 0. The van der Waals surface area contributed by atoms with Crippen LogP contribution >= 0.6 is 0 Å². The van der Waals surface area contributed by atoms with E-state index in [0.29, 0.717) is 4.90 Å². The zero-order valence-corrected chi connectivity index (χ0v) is 5.70. The van der Waals surface area contributed by atoms with Gasteiger partial charge in [0, 0.05) is 0 Å². The van der Waals surface area contributed by atoms with Gasteiger partial charge >= 0.3 is 12.2 Å². The Hall–Kier alpha value is -1.59. The lowest BCUT2D eigenvalue weighted by Crippen LogP contribution is -2.35. The number of methoxy groups -OCH3 is 1. The number of imide groups is 3. The molecule has 0 bridgehead atoms. The minimum Gasteiger partial charge on any atom is -0.452 e. The molecule has 1 rings (SSSR count). The number of carbonyl (C=O) groups is 3. The maximum atomic E-state index is 10.7. The molecule has 0 aromatic carbocycles. The number of ether oxygens (including phenoxy) is 2. The van der Waals surface area contributed by atoms with Crippen LogP contribution in [0.15, 0.2) is 0 Å². The monoisotopic (exact) mass is 159 g/mol. The first-order valence-electron chi connectivity index (χ1n) is 2.74. The highest BCUT2D eigenvalue weighted by Crippen LogP contribution is 2.05. The molecule has 1 fully saturated rings.